The number of fused-ring (bicyclic) bond motifs is 3. The van der Waals surface area contributed by atoms with E-state index in [2.05, 4.69) is 88.4 Å². The molecule has 4 fully saturated rings. The molecule has 0 atom stereocenters. The van der Waals surface area contributed by atoms with Gasteiger partial charge in [-0.3, -0.25) is 0 Å². The molecule has 0 spiro atoms. The molecule has 0 saturated heterocycles. The first-order chi connectivity index (χ1) is 18.7. The van der Waals surface area contributed by atoms with Crippen LogP contribution in [0.5, 0.6) is 5.75 Å². The van der Waals surface area contributed by atoms with Crippen molar-refractivity contribution in [3.05, 3.63) is 71.8 Å². The number of aryl methyl sites for hydroxylation is 2. The van der Waals surface area contributed by atoms with Gasteiger partial charge in [-0.2, -0.15) is 0 Å². The van der Waals surface area contributed by atoms with Crippen molar-refractivity contribution >= 4 is 36.6 Å². The van der Waals surface area contributed by atoms with Crippen LogP contribution < -0.4 is 4.74 Å². The van der Waals surface area contributed by atoms with Crippen molar-refractivity contribution in [2.45, 2.75) is 71.8 Å². The Hall–Kier alpha value is -2.85. The van der Waals surface area contributed by atoms with Crippen LogP contribution in [0.4, 0.5) is 0 Å². The summed E-state index contributed by atoms with van der Waals surface area (Å²) in [6.07, 6.45) is 7.81. The molecular weight excluding hydrogens is 500 g/mol. The summed E-state index contributed by atoms with van der Waals surface area (Å²) in [5, 5.41) is 2.66. The summed E-state index contributed by atoms with van der Waals surface area (Å²) in [6.45, 7) is 8.44. The average Bonchev–Trinajstić information content (AvgIpc) is 3.21. The van der Waals surface area contributed by atoms with Crippen LogP contribution in [0.1, 0.15) is 63.5 Å². The molecule has 1 aromatic heterocycles. The molecule has 202 valence electrons. The van der Waals surface area contributed by atoms with Crippen molar-refractivity contribution < 1.29 is 14.3 Å². The molecule has 4 saturated carbocycles. The third kappa shape index (κ3) is 4.09. The normalized spacial score (nSPS) is 25.9. The Morgan fingerprint density at radius 1 is 0.846 bits per heavy atom. The standard InChI is InChI=1S/C35H39O3S/c1-22-13-27(39-30-11-7-5-9-28(30)29-10-6-8-12-31(29)39)14-23(2)33(22)37-21-32(36)38-34(3,4)35-18-24-15-25(19-35)17-26(16-24)20-35/h5-14,24-26H,15-21H2,1-4H3/q+1. The third-order valence-electron chi connectivity index (χ3n) is 10.2. The van der Waals surface area contributed by atoms with Crippen LogP contribution in [0.3, 0.4) is 0 Å². The fraction of sp³-hybridized carbons (Fsp3) is 0.457. The highest BCUT2D eigenvalue weighted by molar-refractivity contribution is 7.50. The van der Waals surface area contributed by atoms with Crippen LogP contribution in [-0.4, -0.2) is 18.2 Å². The van der Waals surface area contributed by atoms with Crippen molar-refractivity contribution in [1.29, 1.82) is 0 Å². The van der Waals surface area contributed by atoms with E-state index in [1.165, 1.54) is 63.6 Å². The molecule has 39 heavy (non-hydrogen) atoms. The summed E-state index contributed by atoms with van der Waals surface area (Å²) in [4.78, 5) is 14.4. The molecule has 0 N–H and O–H groups in total. The first-order valence-corrected chi connectivity index (χ1v) is 15.8. The molecule has 3 aromatic carbocycles. The van der Waals surface area contributed by atoms with Crippen LogP contribution in [0.25, 0.3) is 25.1 Å². The third-order valence-corrected chi connectivity index (χ3v) is 12.5. The number of thiophene rings is 1. The first-order valence-electron chi connectivity index (χ1n) is 14.6. The van der Waals surface area contributed by atoms with E-state index >= 15 is 0 Å². The maximum absolute atomic E-state index is 13.2. The smallest absolute Gasteiger partial charge is 0.344 e. The lowest BCUT2D eigenvalue weighted by Crippen LogP contribution is -2.57. The van der Waals surface area contributed by atoms with E-state index < -0.39 is 5.60 Å². The van der Waals surface area contributed by atoms with E-state index in [0.29, 0.717) is 0 Å². The van der Waals surface area contributed by atoms with Crippen molar-refractivity contribution in [3.8, 4) is 10.6 Å². The minimum absolute atomic E-state index is 0.0474. The quantitative estimate of drug-likeness (QED) is 0.181. The van der Waals surface area contributed by atoms with Crippen LogP contribution in [0.15, 0.2) is 60.7 Å². The van der Waals surface area contributed by atoms with Gasteiger partial charge in [0.05, 0.1) is 0 Å². The predicted molar refractivity (Wildman–Crippen MR) is 161 cm³/mol. The Morgan fingerprint density at radius 2 is 1.33 bits per heavy atom. The van der Waals surface area contributed by atoms with Crippen molar-refractivity contribution in [2.24, 2.45) is 23.2 Å². The lowest BCUT2D eigenvalue weighted by molar-refractivity contribution is -0.200. The fourth-order valence-electron chi connectivity index (χ4n) is 8.76. The van der Waals surface area contributed by atoms with Gasteiger partial charge in [0.2, 0.25) is 0 Å². The molecule has 0 unspecified atom stereocenters. The lowest BCUT2D eigenvalue weighted by Gasteiger charge is -2.61. The van der Waals surface area contributed by atoms with Crippen LogP contribution >= 0.6 is 10.5 Å². The molecule has 8 rings (SSSR count). The maximum atomic E-state index is 13.2. The zero-order valence-electron chi connectivity index (χ0n) is 23.6. The molecule has 4 aliphatic carbocycles. The van der Waals surface area contributed by atoms with Crippen molar-refractivity contribution in [3.63, 3.8) is 0 Å². The summed E-state index contributed by atoms with van der Waals surface area (Å²) in [6, 6.07) is 22.0. The monoisotopic (exact) mass is 539 g/mol. The SMILES string of the molecule is Cc1cc(-[s+]2c3ccccc3c3ccccc32)cc(C)c1OCC(=O)OC(C)(C)C12CC3CC(CC(C3)C1)C2. The van der Waals surface area contributed by atoms with Gasteiger partial charge in [0.15, 0.2) is 20.9 Å². The van der Waals surface area contributed by atoms with Crippen LogP contribution in [-0.2, 0) is 9.53 Å². The number of hydrogen-bond acceptors (Lipinski definition) is 3. The van der Waals surface area contributed by atoms with Crippen molar-refractivity contribution in [2.75, 3.05) is 6.61 Å². The molecule has 0 aliphatic heterocycles. The van der Waals surface area contributed by atoms with Gasteiger partial charge >= 0.3 is 5.97 Å². The number of ether oxygens (including phenoxy) is 2. The van der Waals surface area contributed by atoms with Gasteiger partial charge in [0.25, 0.3) is 0 Å². The van der Waals surface area contributed by atoms with Gasteiger partial charge in [-0.25, -0.2) is 4.79 Å². The average molecular weight is 540 g/mol. The minimum atomic E-state index is -0.457. The van der Waals surface area contributed by atoms with E-state index in [1.807, 2.05) is 0 Å². The van der Waals surface area contributed by atoms with E-state index in [-0.39, 0.29) is 28.5 Å². The van der Waals surface area contributed by atoms with E-state index in [4.69, 9.17) is 9.47 Å². The number of carbonyl (C=O) groups excluding carboxylic acids is 1. The van der Waals surface area contributed by atoms with Gasteiger partial charge in [-0.05, 0) is 119 Å². The number of carbonyl (C=O) groups is 1. The topological polar surface area (TPSA) is 35.5 Å². The molecule has 0 radical (unpaired) electrons. The highest BCUT2D eigenvalue weighted by Gasteiger charge is 2.58. The van der Waals surface area contributed by atoms with Crippen LogP contribution in [0.2, 0.25) is 0 Å². The van der Waals surface area contributed by atoms with Crippen molar-refractivity contribution in [1.82, 2.24) is 0 Å². The van der Waals surface area contributed by atoms with Gasteiger partial charge in [0, 0.05) is 38.8 Å². The molecule has 3 nitrogen and oxygen atoms in total. The van der Waals surface area contributed by atoms with E-state index in [9.17, 15) is 4.79 Å². The molecule has 1 heterocycles. The second kappa shape index (κ2) is 9.09. The Bertz CT molecular complexity index is 1480. The highest BCUT2D eigenvalue weighted by Crippen LogP contribution is 2.64. The summed E-state index contributed by atoms with van der Waals surface area (Å²) in [5.74, 6) is 3.03. The van der Waals surface area contributed by atoms with Gasteiger partial charge in [-0.15, -0.1) is 0 Å². The molecular formula is C35H39O3S+. The Morgan fingerprint density at radius 3 is 1.85 bits per heavy atom. The molecule has 4 heteroatoms. The summed E-state index contributed by atoms with van der Waals surface area (Å²) in [7, 11) is -0.148. The number of esters is 1. The Kier molecular flexibility index (Phi) is 5.86. The second-order valence-corrected chi connectivity index (χ2v) is 15.1. The van der Waals surface area contributed by atoms with Crippen LogP contribution in [0, 0.1) is 37.0 Å². The number of benzene rings is 3. The number of hydrogen-bond donors (Lipinski definition) is 0. The summed E-state index contributed by atoms with van der Waals surface area (Å²) >= 11 is 0. The Balaban J connectivity index is 1.11. The summed E-state index contributed by atoms with van der Waals surface area (Å²) in [5.41, 5.74) is 1.81. The molecule has 0 amide bonds. The van der Waals surface area contributed by atoms with Gasteiger partial charge in [0.1, 0.15) is 11.4 Å². The summed E-state index contributed by atoms with van der Waals surface area (Å²) < 4.78 is 15.2. The first kappa shape index (κ1) is 25.1. The number of rotatable bonds is 6. The largest absolute Gasteiger partial charge is 0.481 e. The van der Waals surface area contributed by atoms with Gasteiger partial charge in [-0.1, -0.05) is 24.3 Å². The Labute approximate surface area is 234 Å². The fourth-order valence-corrected chi connectivity index (χ4v) is 11.3. The van der Waals surface area contributed by atoms with E-state index in [0.717, 1.165) is 34.6 Å². The minimum Gasteiger partial charge on any atom is -0.481 e. The zero-order valence-corrected chi connectivity index (χ0v) is 24.4. The highest BCUT2D eigenvalue weighted by atomic mass is 32.2. The zero-order chi connectivity index (χ0) is 26.9. The lowest BCUT2D eigenvalue weighted by atomic mass is 9.46. The molecule has 4 aromatic rings. The predicted octanol–water partition coefficient (Wildman–Crippen LogP) is 9.27. The van der Waals surface area contributed by atoms with Gasteiger partial charge < -0.3 is 9.47 Å². The molecule has 4 aliphatic rings. The molecule has 4 bridgehead atoms. The van der Waals surface area contributed by atoms with E-state index in [1.54, 1.807) is 0 Å². The maximum Gasteiger partial charge on any atom is 0.344 e. The second-order valence-electron chi connectivity index (χ2n) is 13.2.